The fraction of sp³-hybridized carbons (Fsp3) is 0. The molecule has 0 unspecified atom stereocenters. The molecule has 5 heteroatoms. The van der Waals surface area contributed by atoms with Crippen molar-refractivity contribution < 1.29 is 9.90 Å². The summed E-state index contributed by atoms with van der Waals surface area (Å²) in [7, 11) is 0. The van der Waals surface area contributed by atoms with E-state index in [1.807, 2.05) is 0 Å². The highest BCUT2D eigenvalue weighted by atomic mass is 16.3. The zero-order valence-electron chi connectivity index (χ0n) is 5.61. The topological polar surface area (TPSA) is 75.1 Å². The molecular formula is C6H6N3O2. The third-order valence-electron chi connectivity index (χ3n) is 0.910. The van der Waals surface area contributed by atoms with Crippen LogP contribution < -0.4 is 5.32 Å². The molecule has 0 spiro atoms. The molecule has 0 saturated heterocycles. The van der Waals surface area contributed by atoms with Crippen molar-refractivity contribution in [1.82, 2.24) is 9.97 Å². The first-order chi connectivity index (χ1) is 5.18. The highest BCUT2D eigenvalue weighted by molar-refractivity contribution is 5.92. The lowest BCUT2D eigenvalue weighted by atomic mass is 10.5. The van der Waals surface area contributed by atoms with Gasteiger partial charge in [0.1, 0.15) is 5.82 Å². The molecule has 5 nitrogen and oxygen atoms in total. The number of nitrogens with zero attached hydrogens (tertiary/aromatic N) is 2. The van der Waals surface area contributed by atoms with Gasteiger partial charge in [0, 0.05) is 13.1 Å². The van der Waals surface area contributed by atoms with Crippen LogP contribution in [0.25, 0.3) is 0 Å². The Balaban J connectivity index is 2.79. The fourth-order valence-corrected chi connectivity index (χ4v) is 0.561. The van der Waals surface area contributed by atoms with Crippen LogP contribution in [0.3, 0.4) is 0 Å². The Labute approximate surface area is 63.1 Å². The van der Waals surface area contributed by atoms with Gasteiger partial charge >= 0.3 is 6.01 Å². The summed E-state index contributed by atoms with van der Waals surface area (Å²) in [6.45, 7) is 3.07. The number of anilines is 1. The van der Waals surface area contributed by atoms with E-state index < -0.39 is 5.91 Å². The van der Waals surface area contributed by atoms with Crippen LogP contribution in [-0.2, 0) is 4.79 Å². The molecule has 1 aromatic rings. The average molecular weight is 152 g/mol. The second-order valence-corrected chi connectivity index (χ2v) is 1.79. The van der Waals surface area contributed by atoms with Crippen molar-refractivity contribution in [3.8, 4) is 6.01 Å². The van der Waals surface area contributed by atoms with Crippen molar-refractivity contribution >= 4 is 11.7 Å². The van der Waals surface area contributed by atoms with Crippen molar-refractivity contribution in [2.24, 2.45) is 0 Å². The molecule has 0 aromatic carbocycles. The van der Waals surface area contributed by atoms with Gasteiger partial charge in [-0.15, -0.1) is 0 Å². The molecule has 0 bridgehead atoms. The molecule has 0 atom stereocenters. The number of carbonyl (C=O) groups is 1. The molecule has 11 heavy (non-hydrogen) atoms. The van der Waals surface area contributed by atoms with Crippen molar-refractivity contribution in [3.63, 3.8) is 0 Å². The van der Waals surface area contributed by atoms with Crippen LogP contribution in [0.4, 0.5) is 5.82 Å². The minimum absolute atomic E-state index is 0.234. The normalized spacial score (nSPS) is 9.18. The van der Waals surface area contributed by atoms with Gasteiger partial charge in [-0.1, -0.05) is 0 Å². The Kier molecular flexibility index (Phi) is 2.00. The van der Waals surface area contributed by atoms with Crippen molar-refractivity contribution in [1.29, 1.82) is 0 Å². The molecule has 0 fully saturated rings. The number of amides is 1. The molecule has 1 rings (SSSR count). The molecule has 0 saturated carbocycles. The fourth-order valence-electron chi connectivity index (χ4n) is 0.561. The first kappa shape index (κ1) is 7.46. The van der Waals surface area contributed by atoms with E-state index in [0.717, 1.165) is 0 Å². The molecule has 0 aliphatic heterocycles. The van der Waals surface area contributed by atoms with Gasteiger partial charge in [0.2, 0.25) is 5.91 Å². The van der Waals surface area contributed by atoms with Gasteiger partial charge in [0.25, 0.3) is 0 Å². The molecule has 0 aliphatic carbocycles. The van der Waals surface area contributed by atoms with E-state index in [0.29, 0.717) is 0 Å². The third kappa shape index (κ3) is 2.21. The lowest BCUT2D eigenvalue weighted by molar-refractivity contribution is -0.112. The molecule has 1 heterocycles. The molecule has 1 amide bonds. The minimum Gasteiger partial charge on any atom is -0.479 e. The molecule has 0 aliphatic rings. The molecule has 1 aromatic heterocycles. The van der Waals surface area contributed by atoms with Crippen LogP contribution in [-0.4, -0.2) is 21.0 Å². The van der Waals surface area contributed by atoms with Crippen molar-refractivity contribution in [3.05, 3.63) is 19.2 Å². The summed E-state index contributed by atoms with van der Waals surface area (Å²) in [6.07, 6.45) is 1.33. The lowest BCUT2D eigenvalue weighted by Gasteiger charge is -1.98. The zero-order chi connectivity index (χ0) is 8.27. The Hall–Kier alpha value is -1.65. The maximum Gasteiger partial charge on any atom is 0.315 e. The van der Waals surface area contributed by atoms with Crippen LogP contribution in [0.5, 0.6) is 6.01 Å². The van der Waals surface area contributed by atoms with E-state index in [4.69, 9.17) is 5.11 Å². The first-order valence-corrected chi connectivity index (χ1v) is 2.83. The summed E-state index contributed by atoms with van der Waals surface area (Å²) in [5.74, 6) is -0.249. The summed E-state index contributed by atoms with van der Waals surface area (Å²) in [4.78, 5) is 17.3. The second kappa shape index (κ2) is 2.96. The summed E-state index contributed by atoms with van der Waals surface area (Å²) in [6, 6.07) is 1.07. The van der Waals surface area contributed by atoms with Gasteiger partial charge in [-0.05, 0) is 6.07 Å². The van der Waals surface area contributed by atoms with Gasteiger partial charge in [-0.2, -0.15) is 4.98 Å². The largest absolute Gasteiger partial charge is 0.479 e. The third-order valence-corrected chi connectivity index (χ3v) is 0.910. The van der Waals surface area contributed by atoms with Gasteiger partial charge in [0.05, 0.1) is 0 Å². The SMILES string of the molecule is [CH2]C(=O)Nc1ccnc(O)n1. The maximum absolute atomic E-state index is 10.4. The van der Waals surface area contributed by atoms with Crippen LogP contribution in [0.15, 0.2) is 12.3 Å². The average Bonchev–Trinajstić information content (AvgIpc) is 1.85. The predicted octanol–water partition coefficient (Wildman–Crippen LogP) is -0.0452. The summed E-state index contributed by atoms with van der Waals surface area (Å²) in [5.41, 5.74) is 0. The standard InChI is InChI=1S/C6H6N3O2/c1-4(10)8-5-2-3-7-6(11)9-5/h2-3H,1H2,(H2,7,8,9,10,11). The number of aromatic nitrogens is 2. The second-order valence-electron chi connectivity index (χ2n) is 1.79. The Bertz CT molecular complexity index is 274. The van der Waals surface area contributed by atoms with Crippen molar-refractivity contribution in [2.45, 2.75) is 0 Å². The highest BCUT2D eigenvalue weighted by Crippen LogP contribution is 2.04. The Morgan fingerprint density at radius 3 is 3.00 bits per heavy atom. The van der Waals surface area contributed by atoms with Gasteiger partial charge in [-0.3, -0.25) is 4.79 Å². The van der Waals surface area contributed by atoms with E-state index >= 15 is 0 Å². The smallest absolute Gasteiger partial charge is 0.315 e. The minimum atomic E-state index is -0.483. The summed E-state index contributed by atoms with van der Waals surface area (Å²) in [5, 5.41) is 11.0. The molecule has 2 N–H and O–H groups in total. The highest BCUT2D eigenvalue weighted by Gasteiger charge is 1.97. The van der Waals surface area contributed by atoms with Gasteiger partial charge in [0.15, 0.2) is 0 Å². The lowest BCUT2D eigenvalue weighted by Crippen LogP contribution is -2.07. The quantitative estimate of drug-likeness (QED) is 0.591. The van der Waals surface area contributed by atoms with Crippen LogP contribution in [0.1, 0.15) is 0 Å². The monoisotopic (exact) mass is 152 g/mol. The van der Waals surface area contributed by atoms with Gasteiger partial charge in [-0.25, -0.2) is 4.98 Å². The molecular weight excluding hydrogens is 146 g/mol. The predicted molar refractivity (Wildman–Crippen MR) is 37.7 cm³/mol. The number of carbonyl (C=O) groups excluding carboxylic acids is 1. The number of aromatic hydroxyl groups is 1. The maximum atomic E-state index is 10.4. The first-order valence-electron chi connectivity index (χ1n) is 2.83. The van der Waals surface area contributed by atoms with E-state index in [9.17, 15) is 4.79 Å². The van der Waals surface area contributed by atoms with Crippen LogP contribution >= 0.6 is 0 Å². The number of nitrogens with one attached hydrogen (secondary N) is 1. The van der Waals surface area contributed by atoms with Gasteiger partial charge < -0.3 is 10.4 Å². The number of rotatable bonds is 1. The summed E-state index contributed by atoms with van der Waals surface area (Å²) < 4.78 is 0. The zero-order valence-corrected chi connectivity index (χ0v) is 5.61. The molecule has 57 valence electrons. The summed E-state index contributed by atoms with van der Waals surface area (Å²) >= 11 is 0. The van der Waals surface area contributed by atoms with E-state index in [2.05, 4.69) is 22.2 Å². The number of hydrogen-bond acceptors (Lipinski definition) is 4. The van der Waals surface area contributed by atoms with E-state index in [-0.39, 0.29) is 11.8 Å². The Morgan fingerprint density at radius 2 is 2.45 bits per heavy atom. The van der Waals surface area contributed by atoms with E-state index in [1.54, 1.807) is 0 Å². The number of hydrogen-bond donors (Lipinski definition) is 2. The van der Waals surface area contributed by atoms with Crippen LogP contribution in [0, 0.1) is 6.92 Å². The Morgan fingerprint density at radius 1 is 1.73 bits per heavy atom. The molecule has 1 radical (unpaired) electrons. The van der Waals surface area contributed by atoms with Crippen molar-refractivity contribution in [2.75, 3.05) is 5.32 Å². The van der Waals surface area contributed by atoms with E-state index in [1.165, 1.54) is 12.3 Å². The van der Waals surface area contributed by atoms with Crippen LogP contribution in [0.2, 0.25) is 0 Å².